The van der Waals surface area contributed by atoms with Crippen LogP contribution in [0.15, 0.2) is 60.7 Å². The summed E-state index contributed by atoms with van der Waals surface area (Å²) in [4.78, 5) is 8.51. The number of hydrogen-bond donors (Lipinski definition) is 2. The van der Waals surface area contributed by atoms with Gasteiger partial charge in [0, 0.05) is 24.3 Å². The molecule has 0 spiro atoms. The number of pyridine rings is 2. The Morgan fingerprint density at radius 1 is 0.533 bits per heavy atom. The lowest BCUT2D eigenvalue weighted by molar-refractivity contribution is 0.462. The molecule has 30 heavy (non-hydrogen) atoms. The number of benzene rings is 2. The van der Waals surface area contributed by atoms with Crippen LogP contribution < -0.4 is 0 Å². The predicted octanol–water partition coefficient (Wildman–Crippen LogP) is 5.45. The first kappa shape index (κ1) is 19.4. The molecule has 150 valence electrons. The van der Waals surface area contributed by atoms with Crippen LogP contribution in [0.4, 0.5) is 17.6 Å². The Balaban J connectivity index is 1.81. The summed E-state index contributed by atoms with van der Waals surface area (Å²) in [6.07, 6.45) is 0. The molecule has 0 unspecified atom stereocenters. The maximum absolute atomic E-state index is 14.2. The van der Waals surface area contributed by atoms with Gasteiger partial charge in [-0.05, 0) is 24.3 Å². The van der Waals surface area contributed by atoms with Crippen LogP contribution in [0.2, 0.25) is 0 Å². The van der Waals surface area contributed by atoms with Gasteiger partial charge in [-0.1, -0.05) is 12.1 Å². The van der Waals surface area contributed by atoms with Gasteiger partial charge in [0.15, 0.2) is 0 Å². The first-order chi connectivity index (χ1) is 14.3. The lowest BCUT2D eigenvalue weighted by atomic mass is 10.1. The maximum Gasteiger partial charge on any atom is 0.139 e. The van der Waals surface area contributed by atoms with E-state index in [4.69, 9.17) is 0 Å². The standard InChI is InChI=1S/C22H12F4N2O2/c23-11-7-13(25)21(19(29)9-11)17-5-1-3-15(27-17)16-4-2-6-18(28-16)22-14(26)8-12(24)10-20(22)30/h1-10,29-30H. The molecule has 0 saturated heterocycles. The topological polar surface area (TPSA) is 66.2 Å². The molecule has 4 nitrogen and oxygen atoms in total. The second kappa shape index (κ2) is 7.47. The fourth-order valence-corrected chi connectivity index (χ4v) is 3.06. The van der Waals surface area contributed by atoms with Crippen molar-refractivity contribution in [3.8, 4) is 45.4 Å². The van der Waals surface area contributed by atoms with Crippen LogP contribution in [-0.2, 0) is 0 Å². The largest absolute Gasteiger partial charge is 0.507 e. The number of nitrogens with zero attached hydrogens (tertiary/aromatic N) is 2. The van der Waals surface area contributed by atoms with Crippen molar-refractivity contribution in [2.45, 2.75) is 0 Å². The van der Waals surface area contributed by atoms with Gasteiger partial charge < -0.3 is 10.2 Å². The quantitative estimate of drug-likeness (QED) is 0.440. The molecule has 4 rings (SSSR count). The van der Waals surface area contributed by atoms with E-state index < -0.39 is 34.8 Å². The summed E-state index contributed by atoms with van der Waals surface area (Å²) in [6, 6.07) is 11.8. The highest BCUT2D eigenvalue weighted by atomic mass is 19.1. The minimum Gasteiger partial charge on any atom is -0.507 e. The lowest BCUT2D eigenvalue weighted by Gasteiger charge is -2.10. The number of phenolic OH excluding ortho intramolecular Hbond substituents is 2. The zero-order valence-corrected chi connectivity index (χ0v) is 15.1. The van der Waals surface area contributed by atoms with Crippen LogP contribution >= 0.6 is 0 Å². The molecule has 2 aromatic carbocycles. The van der Waals surface area contributed by atoms with Crippen molar-refractivity contribution < 1.29 is 27.8 Å². The fraction of sp³-hybridized carbons (Fsp3) is 0. The molecule has 0 amide bonds. The highest BCUT2D eigenvalue weighted by Gasteiger charge is 2.17. The Hall–Kier alpha value is -3.94. The third-order valence-corrected chi connectivity index (χ3v) is 4.34. The van der Waals surface area contributed by atoms with Crippen molar-refractivity contribution in [1.29, 1.82) is 0 Å². The van der Waals surface area contributed by atoms with E-state index in [1.54, 1.807) is 12.1 Å². The van der Waals surface area contributed by atoms with Crippen molar-refractivity contribution >= 4 is 0 Å². The monoisotopic (exact) mass is 412 g/mol. The molecule has 0 saturated carbocycles. The third-order valence-electron chi connectivity index (χ3n) is 4.34. The van der Waals surface area contributed by atoms with Gasteiger partial charge in [0.1, 0.15) is 34.8 Å². The molecule has 0 atom stereocenters. The average Bonchev–Trinajstić information content (AvgIpc) is 2.67. The number of aromatic nitrogens is 2. The molecule has 4 aromatic rings. The molecule has 2 N–H and O–H groups in total. The van der Waals surface area contributed by atoms with E-state index in [0.717, 1.165) is 12.1 Å². The summed E-state index contributed by atoms with van der Waals surface area (Å²) in [6.45, 7) is 0. The van der Waals surface area contributed by atoms with Crippen LogP contribution in [0.25, 0.3) is 33.9 Å². The van der Waals surface area contributed by atoms with Gasteiger partial charge in [-0.25, -0.2) is 27.5 Å². The molecule has 0 fully saturated rings. The van der Waals surface area contributed by atoms with Gasteiger partial charge in [-0.15, -0.1) is 0 Å². The van der Waals surface area contributed by atoms with Crippen LogP contribution in [0.1, 0.15) is 0 Å². The summed E-state index contributed by atoms with van der Waals surface area (Å²) < 4.78 is 54.9. The van der Waals surface area contributed by atoms with Crippen LogP contribution in [-0.4, -0.2) is 20.2 Å². The van der Waals surface area contributed by atoms with Crippen molar-refractivity contribution in [3.63, 3.8) is 0 Å². The summed E-state index contributed by atoms with van der Waals surface area (Å²) in [5.41, 5.74) is 0.00301. The first-order valence-corrected chi connectivity index (χ1v) is 8.65. The molecule has 0 aliphatic heterocycles. The normalized spacial score (nSPS) is 10.9. The lowest BCUT2D eigenvalue weighted by Crippen LogP contribution is -1.96. The SMILES string of the molecule is Oc1cc(F)cc(F)c1-c1cccc(-c2cccc(-c3c(O)cc(F)cc3F)n2)n1. The number of rotatable bonds is 3. The Kier molecular flexibility index (Phi) is 4.83. The van der Waals surface area contributed by atoms with E-state index in [1.165, 1.54) is 24.3 Å². The van der Waals surface area contributed by atoms with Gasteiger partial charge in [0.25, 0.3) is 0 Å². The van der Waals surface area contributed by atoms with Crippen LogP contribution in [0, 0.1) is 23.3 Å². The van der Waals surface area contributed by atoms with Crippen molar-refractivity contribution in [1.82, 2.24) is 9.97 Å². The second-order valence-electron chi connectivity index (χ2n) is 6.38. The number of aromatic hydroxyl groups is 2. The van der Waals surface area contributed by atoms with Crippen molar-refractivity contribution in [2.24, 2.45) is 0 Å². The number of halogens is 4. The molecular weight excluding hydrogens is 400 g/mol. The number of hydrogen-bond acceptors (Lipinski definition) is 4. The van der Waals surface area contributed by atoms with E-state index in [1.807, 2.05) is 0 Å². The van der Waals surface area contributed by atoms with E-state index >= 15 is 0 Å². The molecular formula is C22H12F4N2O2. The minimum atomic E-state index is -0.989. The van der Waals surface area contributed by atoms with E-state index in [0.29, 0.717) is 12.1 Å². The molecule has 0 bridgehead atoms. The summed E-state index contributed by atoms with van der Waals surface area (Å²) in [5, 5.41) is 19.9. The van der Waals surface area contributed by atoms with Gasteiger partial charge in [0.2, 0.25) is 0 Å². The van der Waals surface area contributed by atoms with Gasteiger partial charge in [-0.2, -0.15) is 0 Å². The van der Waals surface area contributed by atoms with Crippen LogP contribution in [0.3, 0.4) is 0 Å². The van der Waals surface area contributed by atoms with Gasteiger partial charge in [-0.3, -0.25) is 0 Å². The molecule has 0 aliphatic rings. The second-order valence-corrected chi connectivity index (χ2v) is 6.38. The van der Waals surface area contributed by atoms with Crippen molar-refractivity contribution in [3.05, 3.63) is 83.9 Å². The first-order valence-electron chi connectivity index (χ1n) is 8.65. The third kappa shape index (κ3) is 3.55. The minimum absolute atomic E-state index is 0.0329. The zero-order valence-electron chi connectivity index (χ0n) is 15.1. The Bertz CT molecular complexity index is 1130. The van der Waals surface area contributed by atoms with Gasteiger partial charge >= 0.3 is 0 Å². The molecule has 2 heterocycles. The average molecular weight is 412 g/mol. The predicted molar refractivity (Wildman–Crippen MR) is 102 cm³/mol. The van der Waals surface area contributed by atoms with Crippen LogP contribution in [0.5, 0.6) is 11.5 Å². The van der Waals surface area contributed by atoms with Crippen molar-refractivity contribution in [2.75, 3.05) is 0 Å². The Morgan fingerprint density at radius 3 is 1.27 bits per heavy atom. The highest BCUT2D eigenvalue weighted by Crippen LogP contribution is 2.34. The summed E-state index contributed by atoms with van der Waals surface area (Å²) in [5.74, 6) is -5.07. The molecule has 0 aliphatic carbocycles. The van der Waals surface area contributed by atoms with E-state index in [-0.39, 0.29) is 33.9 Å². The van der Waals surface area contributed by atoms with Gasteiger partial charge in [0.05, 0.1) is 33.9 Å². The van der Waals surface area contributed by atoms with E-state index in [2.05, 4.69) is 9.97 Å². The molecule has 8 heteroatoms. The highest BCUT2D eigenvalue weighted by molar-refractivity contribution is 5.72. The maximum atomic E-state index is 14.2. The number of phenols is 2. The Labute approximate surface area is 167 Å². The van der Waals surface area contributed by atoms with E-state index in [9.17, 15) is 27.8 Å². The molecule has 0 radical (unpaired) electrons. The fourth-order valence-electron chi connectivity index (χ4n) is 3.06. The Morgan fingerprint density at radius 2 is 0.900 bits per heavy atom. The smallest absolute Gasteiger partial charge is 0.139 e. The summed E-state index contributed by atoms with van der Waals surface area (Å²) >= 11 is 0. The molecule has 2 aromatic heterocycles. The zero-order chi connectivity index (χ0) is 21.4. The summed E-state index contributed by atoms with van der Waals surface area (Å²) in [7, 11) is 0.